The summed E-state index contributed by atoms with van der Waals surface area (Å²) >= 11 is 0. The minimum absolute atomic E-state index is 0.117. The van der Waals surface area contributed by atoms with Crippen LogP contribution in [0.5, 0.6) is 0 Å². The van der Waals surface area contributed by atoms with E-state index in [0.29, 0.717) is 17.8 Å². The molecule has 0 aliphatic rings. The Labute approximate surface area is 104 Å². The van der Waals surface area contributed by atoms with Gasteiger partial charge in [0.15, 0.2) is 0 Å². The number of hydrogen-bond acceptors (Lipinski definition) is 2. The maximum Gasteiger partial charge on any atom is 0.259 e. The van der Waals surface area contributed by atoms with Gasteiger partial charge in [-0.3, -0.25) is 9.48 Å². The van der Waals surface area contributed by atoms with Crippen LogP contribution in [-0.2, 0) is 6.54 Å². The summed E-state index contributed by atoms with van der Waals surface area (Å²) in [6.07, 6.45) is 1.65. The molecule has 0 saturated heterocycles. The van der Waals surface area contributed by atoms with Crippen molar-refractivity contribution in [3.8, 4) is 0 Å². The zero-order valence-electron chi connectivity index (χ0n) is 10.2. The third-order valence-electron chi connectivity index (χ3n) is 2.57. The first-order valence-corrected chi connectivity index (χ1v) is 5.62. The lowest BCUT2D eigenvalue weighted by Gasteiger charge is -2.04. The standard InChI is InChI=1S/C13H13FN3O/c1-3-17-8-10(9(2)16-17)13(18)15-12-7-5-4-6-11(12)14/h4,6-8H,3H2,1-2H3,(H,15,18). The molecule has 0 atom stereocenters. The molecule has 1 N–H and O–H groups in total. The molecule has 0 aliphatic carbocycles. The molecule has 18 heavy (non-hydrogen) atoms. The fraction of sp³-hybridized carbons (Fsp3) is 0.231. The quantitative estimate of drug-likeness (QED) is 0.904. The Morgan fingerprint density at radius 1 is 1.61 bits per heavy atom. The highest BCUT2D eigenvalue weighted by Gasteiger charge is 2.14. The van der Waals surface area contributed by atoms with Crippen molar-refractivity contribution < 1.29 is 9.18 Å². The van der Waals surface area contributed by atoms with E-state index in [0.717, 1.165) is 0 Å². The first-order chi connectivity index (χ1) is 8.61. The van der Waals surface area contributed by atoms with Crippen molar-refractivity contribution in [2.45, 2.75) is 20.4 Å². The van der Waals surface area contributed by atoms with E-state index in [-0.39, 0.29) is 11.6 Å². The average molecular weight is 246 g/mol. The van der Waals surface area contributed by atoms with Crippen molar-refractivity contribution >= 4 is 11.6 Å². The molecule has 0 spiro atoms. The molecule has 4 nitrogen and oxygen atoms in total. The van der Waals surface area contributed by atoms with Gasteiger partial charge in [-0.25, -0.2) is 4.39 Å². The normalized spacial score (nSPS) is 10.4. The third-order valence-corrected chi connectivity index (χ3v) is 2.57. The number of aryl methyl sites for hydroxylation is 2. The van der Waals surface area contributed by atoms with Gasteiger partial charge in [-0.2, -0.15) is 5.10 Å². The van der Waals surface area contributed by atoms with Crippen LogP contribution < -0.4 is 5.32 Å². The van der Waals surface area contributed by atoms with Crippen molar-refractivity contribution in [1.82, 2.24) is 9.78 Å². The molecule has 5 heteroatoms. The van der Waals surface area contributed by atoms with E-state index in [2.05, 4.69) is 16.5 Å². The molecule has 0 fully saturated rings. The predicted octanol–water partition coefficient (Wildman–Crippen LogP) is 2.40. The highest BCUT2D eigenvalue weighted by atomic mass is 19.1. The highest BCUT2D eigenvalue weighted by molar-refractivity contribution is 6.04. The van der Waals surface area contributed by atoms with Crippen LogP contribution in [0.3, 0.4) is 0 Å². The van der Waals surface area contributed by atoms with Crippen LogP contribution in [0.2, 0.25) is 0 Å². The average Bonchev–Trinajstić information content (AvgIpc) is 2.73. The van der Waals surface area contributed by atoms with Crippen LogP contribution in [0.1, 0.15) is 23.0 Å². The van der Waals surface area contributed by atoms with Gasteiger partial charge in [0.1, 0.15) is 5.82 Å². The van der Waals surface area contributed by atoms with Crippen molar-refractivity contribution in [1.29, 1.82) is 0 Å². The number of aromatic nitrogens is 2. The monoisotopic (exact) mass is 246 g/mol. The van der Waals surface area contributed by atoms with Crippen LogP contribution in [0.15, 0.2) is 24.4 Å². The van der Waals surface area contributed by atoms with Crippen molar-refractivity contribution in [3.63, 3.8) is 0 Å². The molecule has 0 aliphatic heterocycles. The predicted molar refractivity (Wildman–Crippen MR) is 65.8 cm³/mol. The van der Waals surface area contributed by atoms with E-state index in [1.807, 2.05) is 6.92 Å². The number of benzene rings is 1. The summed E-state index contributed by atoms with van der Waals surface area (Å²) in [5.74, 6) is -0.853. The molecule has 2 rings (SSSR count). The van der Waals surface area contributed by atoms with Crippen LogP contribution in [0.4, 0.5) is 10.1 Å². The molecule has 1 heterocycles. The number of nitrogens with one attached hydrogen (secondary N) is 1. The van der Waals surface area contributed by atoms with Crippen molar-refractivity contribution in [3.05, 3.63) is 47.5 Å². The molecule has 93 valence electrons. The summed E-state index contributed by atoms with van der Waals surface area (Å²) in [7, 11) is 0. The molecule has 0 bridgehead atoms. The van der Waals surface area contributed by atoms with Crippen LogP contribution in [-0.4, -0.2) is 15.7 Å². The van der Waals surface area contributed by atoms with Gasteiger partial charge in [-0.1, -0.05) is 6.07 Å². The number of rotatable bonds is 3. The minimum Gasteiger partial charge on any atom is -0.319 e. The lowest BCUT2D eigenvalue weighted by atomic mass is 10.2. The molecule has 1 amide bonds. The number of nitrogens with zero attached hydrogens (tertiary/aromatic N) is 2. The van der Waals surface area contributed by atoms with Gasteiger partial charge >= 0.3 is 0 Å². The number of halogens is 1. The van der Waals surface area contributed by atoms with Gasteiger partial charge in [0, 0.05) is 12.7 Å². The second kappa shape index (κ2) is 5.00. The van der Waals surface area contributed by atoms with E-state index in [1.54, 1.807) is 17.8 Å². The second-order valence-electron chi connectivity index (χ2n) is 3.84. The first-order valence-electron chi connectivity index (χ1n) is 5.62. The smallest absolute Gasteiger partial charge is 0.259 e. The zero-order chi connectivity index (χ0) is 13.1. The Kier molecular flexibility index (Phi) is 3.41. The number of carbonyl (C=O) groups excluding carboxylic acids is 1. The molecule has 2 aromatic rings. The summed E-state index contributed by atoms with van der Waals surface area (Å²) in [5, 5.41) is 6.67. The third kappa shape index (κ3) is 2.40. The summed E-state index contributed by atoms with van der Waals surface area (Å²) < 4.78 is 15.0. The van der Waals surface area contributed by atoms with Crippen LogP contribution in [0.25, 0.3) is 0 Å². The molecule has 0 saturated carbocycles. The Balaban J connectivity index is 2.22. The van der Waals surface area contributed by atoms with Gasteiger partial charge in [0.2, 0.25) is 0 Å². The topological polar surface area (TPSA) is 46.9 Å². The summed E-state index contributed by atoms with van der Waals surface area (Å²) in [4.78, 5) is 12.0. The van der Waals surface area contributed by atoms with Crippen molar-refractivity contribution in [2.75, 3.05) is 5.32 Å². The fourth-order valence-electron chi connectivity index (χ4n) is 1.60. The number of anilines is 1. The van der Waals surface area contributed by atoms with Crippen LogP contribution in [0, 0.1) is 18.8 Å². The van der Waals surface area contributed by atoms with E-state index >= 15 is 0 Å². The summed E-state index contributed by atoms with van der Waals surface area (Å²) in [6.45, 7) is 4.36. The fourth-order valence-corrected chi connectivity index (χ4v) is 1.60. The van der Waals surface area contributed by atoms with Crippen LogP contribution >= 0.6 is 0 Å². The largest absolute Gasteiger partial charge is 0.319 e. The molecule has 1 aromatic carbocycles. The number of carbonyl (C=O) groups is 1. The Morgan fingerprint density at radius 2 is 2.39 bits per heavy atom. The lowest BCUT2D eigenvalue weighted by molar-refractivity contribution is 0.102. The summed E-state index contributed by atoms with van der Waals surface area (Å²) in [6, 6.07) is 6.81. The lowest BCUT2D eigenvalue weighted by Crippen LogP contribution is -2.13. The number of amides is 1. The van der Waals surface area contributed by atoms with Gasteiger partial charge < -0.3 is 5.32 Å². The molecule has 0 unspecified atom stereocenters. The SMILES string of the molecule is CCn1cc(C(=O)Nc2c[c]ccc2F)c(C)n1. The highest BCUT2D eigenvalue weighted by Crippen LogP contribution is 2.14. The minimum atomic E-state index is -0.484. The van der Waals surface area contributed by atoms with E-state index in [4.69, 9.17) is 0 Å². The molecular formula is C13H13FN3O. The van der Waals surface area contributed by atoms with E-state index in [9.17, 15) is 9.18 Å². The number of hydrogen-bond donors (Lipinski definition) is 1. The molecular weight excluding hydrogens is 233 g/mol. The van der Waals surface area contributed by atoms with Crippen molar-refractivity contribution in [2.24, 2.45) is 0 Å². The Morgan fingerprint density at radius 3 is 3.00 bits per heavy atom. The maximum atomic E-state index is 13.4. The molecule has 1 radical (unpaired) electrons. The van der Waals surface area contributed by atoms with Gasteiger partial charge in [0.25, 0.3) is 5.91 Å². The van der Waals surface area contributed by atoms with Gasteiger partial charge in [-0.05, 0) is 32.0 Å². The maximum absolute atomic E-state index is 13.4. The van der Waals surface area contributed by atoms with E-state index in [1.165, 1.54) is 18.2 Å². The molecule has 1 aromatic heterocycles. The Hall–Kier alpha value is -2.17. The van der Waals surface area contributed by atoms with Gasteiger partial charge in [0.05, 0.1) is 16.9 Å². The van der Waals surface area contributed by atoms with E-state index < -0.39 is 5.82 Å². The van der Waals surface area contributed by atoms with Gasteiger partial charge in [-0.15, -0.1) is 0 Å². The zero-order valence-corrected chi connectivity index (χ0v) is 10.2. The summed E-state index contributed by atoms with van der Waals surface area (Å²) in [5.41, 5.74) is 1.18. The second-order valence-corrected chi connectivity index (χ2v) is 3.84. The first kappa shape index (κ1) is 12.3. The Bertz CT molecular complexity index is 577.